The van der Waals surface area contributed by atoms with Crippen molar-refractivity contribution in [3.05, 3.63) is 24.1 Å². The number of halogens is 1. The van der Waals surface area contributed by atoms with Gasteiger partial charge in [0.25, 0.3) is 5.91 Å². The number of aromatic nitrogens is 1. The third kappa shape index (κ3) is 5.81. The number of rotatable bonds is 10. The number of nitrogens with zero attached hydrogens (tertiary/aromatic N) is 4. The van der Waals surface area contributed by atoms with E-state index in [-0.39, 0.29) is 25.2 Å². The smallest absolute Gasteiger partial charge is 0.250 e. The maximum atomic E-state index is 12.9. The number of nitrogens with one attached hydrogen (secondary N) is 1. The van der Waals surface area contributed by atoms with Crippen LogP contribution in [0.3, 0.4) is 0 Å². The number of carbonyl (C=O) groups excluding carboxylic acids is 3. The predicted octanol–water partition coefficient (Wildman–Crippen LogP) is 1.79. The number of anilines is 1. The standard InChI is InChI=1S/C18H24FN5O4/c1-2-3-4-5-13(11-23(28)12-25)18(27)24-15(8-9-21-24)17(26)22-16-7-6-14(19)10-20-16/h6-7,9-10,12-13,15,28H,2-5,8,11H2,1H3,(H,20,22,26)/t13-,15?/m1/s1. The Morgan fingerprint density at radius 1 is 1.46 bits per heavy atom. The third-order valence-corrected chi connectivity index (χ3v) is 4.37. The van der Waals surface area contributed by atoms with E-state index in [1.54, 1.807) is 0 Å². The lowest BCUT2D eigenvalue weighted by Crippen LogP contribution is -2.46. The van der Waals surface area contributed by atoms with Crippen molar-refractivity contribution in [2.75, 3.05) is 11.9 Å². The Morgan fingerprint density at radius 3 is 2.89 bits per heavy atom. The Hall–Kier alpha value is -2.88. The summed E-state index contributed by atoms with van der Waals surface area (Å²) in [4.78, 5) is 40.0. The summed E-state index contributed by atoms with van der Waals surface area (Å²) in [6.45, 7) is 1.85. The molecular weight excluding hydrogens is 369 g/mol. The molecule has 1 unspecified atom stereocenters. The molecule has 0 aromatic carbocycles. The Kier molecular flexibility index (Phi) is 8.00. The van der Waals surface area contributed by atoms with Crippen LogP contribution in [0.15, 0.2) is 23.4 Å². The molecule has 1 aromatic rings. The van der Waals surface area contributed by atoms with Crippen molar-refractivity contribution in [2.24, 2.45) is 11.0 Å². The summed E-state index contributed by atoms with van der Waals surface area (Å²) in [5.41, 5.74) is 0. The number of hydrazone groups is 1. The normalized spacial score (nSPS) is 16.7. The fraction of sp³-hybridized carbons (Fsp3) is 0.500. The lowest BCUT2D eigenvalue weighted by Gasteiger charge is -2.26. The Balaban J connectivity index is 2.06. The molecule has 1 aliphatic heterocycles. The fourth-order valence-electron chi connectivity index (χ4n) is 2.89. The lowest BCUT2D eigenvalue weighted by molar-refractivity contribution is -0.158. The minimum absolute atomic E-state index is 0.160. The molecule has 0 bridgehead atoms. The van der Waals surface area contributed by atoms with Crippen molar-refractivity contribution in [1.82, 2.24) is 15.1 Å². The maximum absolute atomic E-state index is 12.9. The molecule has 0 saturated heterocycles. The van der Waals surface area contributed by atoms with Gasteiger partial charge in [-0.25, -0.2) is 19.4 Å². The molecule has 2 heterocycles. The zero-order valence-electron chi connectivity index (χ0n) is 15.6. The molecule has 2 rings (SSSR count). The van der Waals surface area contributed by atoms with E-state index in [9.17, 15) is 24.0 Å². The van der Waals surface area contributed by atoms with Gasteiger partial charge in [-0.2, -0.15) is 5.10 Å². The molecule has 10 heteroatoms. The van der Waals surface area contributed by atoms with Crippen LogP contribution >= 0.6 is 0 Å². The molecule has 0 fully saturated rings. The molecule has 0 saturated carbocycles. The number of hydrogen-bond acceptors (Lipinski definition) is 6. The molecular formula is C18H24FN5O4. The average molecular weight is 393 g/mol. The maximum Gasteiger partial charge on any atom is 0.250 e. The largest absolute Gasteiger partial charge is 0.309 e. The van der Waals surface area contributed by atoms with Crippen LogP contribution in [0.4, 0.5) is 10.2 Å². The van der Waals surface area contributed by atoms with Gasteiger partial charge in [-0.15, -0.1) is 0 Å². The van der Waals surface area contributed by atoms with Crippen LogP contribution in [0.25, 0.3) is 0 Å². The Morgan fingerprint density at radius 2 is 2.25 bits per heavy atom. The molecule has 1 aliphatic rings. The highest BCUT2D eigenvalue weighted by molar-refractivity contribution is 5.99. The molecule has 0 spiro atoms. The topological polar surface area (TPSA) is 115 Å². The van der Waals surface area contributed by atoms with Crippen LogP contribution < -0.4 is 5.32 Å². The van der Waals surface area contributed by atoms with E-state index in [1.807, 2.05) is 6.92 Å². The van der Waals surface area contributed by atoms with Crippen LogP contribution in [0.5, 0.6) is 0 Å². The van der Waals surface area contributed by atoms with Crippen LogP contribution in [0.2, 0.25) is 0 Å². The first kappa shape index (κ1) is 21.4. The molecule has 152 valence electrons. The molecule has 3 amide bonds. The molecule has 0 radical (unpaired) electrons. The van der Waals surface area contributed by atoms with Gasteiger partial charge in [0.1, 0.15) is 17.7 Å². The monoisotopic (exact) mass is 393 g/mol. The van der Waals surface area contributed by atoms with Crippen LogP contribution in [-0.4, -0.2) is 57.3 Å². The zero-order valence-corrected chi connectivity index (χ0v) is 15.6. The number of hydrogen-bond donors (Lipinski definition) is 2. The Bertz CT molecular complexity index is 712. The zero-order chi connectivity index (χ0) is 20.5. The molecule has 1 aromatic heterocycles. The minimum Gasteiger partial charge on any atom is -0.309 e. The summed E-state index contributed by atoms with van der Waals surface area (Å²) in [5.74, 6) is -2.01. The van der Waals surface area contributed by atoms with Crippen molar-refractivity contribution < 1.29 is 24.0 Å². The van der Waals surface area contributed by atoms with Gasteiger partial charge in [0.2, 0.25) is 12.3 Å². The van der Waals surface area contributed by atoms with Crippen molar-refractivity contribution in [2.45, 2.75) is 45.1 Å². The first-order valence-electron chi connectivity index (χ1n) is 9.15. The van der Waals surface area contributed by atoms with E-state index in [2.05, 4.69) is 15.4 Å². The van der Waals surface area contributed by atoms with E-state index in [4.69, 9.17) is 0 Å². The second kappa shape index (κ2) is 10.5. The van der Waals surface area contributed by atoms with E-state index in [0.29, 0.717) is 11.5 Å². The van der Waals surface area contributed by atoms with Gasteiger partial charge in [0.15, 0.2) is 0 Å². The molecule has 2 N–H and O–H groups in total. The highest BCUT2D eigenvalue weighted by Crippen LogP contribution is 2.21. The van der Waals surface area contributed by atoms with Crippen molar-refractivity contribution in [3.63, 3.8) is 0 Å². The third-order valence-electron chi connectivity index (χ3n) is 4.37. The van der Waals surface area contributed by atoms with Crippen molar-refractivity contribution in [1.29, 1.82) is 0 Å². The van der Waals surface area contributed by atoms with Gasteiger partial charge in [0.05, 0.1) is 18.7 Å². The van der Waals surface area contributed by atoms with E-state index < -0.39 is 29.6 Å². The van der Waals surface area contributed by atoms with E-state index >= 15 is 0 Å². The summed E-state index contributed by atoms with van der Waals surface area (Å²) in [5, 5.41) is 17.5. The van der Waals surface area contributed by atoms with Gasteiger partial charge >= 0.3 is 0 Å². The Labute approximate surface area is 162 Å². The predicted molar refractivity (Wildman–Crippen MR) is 98.8 cm³/mol. The highest BCUT2D eigenvalue weighted by Gasteiger charge is 2.36. The van der Waals surface area contributed by atoms with Gasteiger partial charge in [-0.1, -0.05) is 26.2 Å². The fourth-order valence-corrected chi connectivity index (χ4v) is 2.89. The molecule has 0 aliphatic carbocycles. The van der Waals surface area contributed by atoms with Crippen molar-refractivity contribution >= 4 is 30.3 Å². The first-order valence-corrected chi connectivity index (χ1v) is 9.15. The SMILES string of the molecule is CCCCC[C@H](CN(O)C=O)C(=O)N1N=CCC1C(=O)Nc1ccc(F)cn1. The number of amides is 3. The first-order chi connectivity index (χ1) is 13.5. The minimum atomic E-state index is -0.878. The van der Waals surface area contributed by atoms with Crippen LogP contribution in [-0.2, 0) is 14.4 Å². The number of unbranched alkanes of at least 4 members (excludes halogenated alkanes) is 2. The lowest BCUT2D eigenvalue weighted by atomic mass is 9.99. The van der Waals surface area contributed by atoms with Gasteiger partial charge in [-0.3, -0.25) is 19.6 Å². The highest BCUT2D eigenvalue weighted by atomic mass is 19.1. The second-order valence-electron chi connectivity index (χ2n) is 6.50. The quantitative estimate of drug-likeness (QED) is 0.272. The number of carbonyl (C=O) groups is 3. The number of hydroxylamine groups is 2. The van der Waals surface area contributed by atoms with Crippen LogP contribution in [0.1, 0.15) is 39.0 Å². The summed E-state index contributed by atoms with van der Waals surface area (Å²) in [6.07, 6.45) is 5.94. The van der Waals surface area contributed by atoms with Crippen LogP contribution in [0, 0.1) is 11.7 Å². The number of pyridine rings is 1. The van der Waals surface area contributed by atoms with E-state index in [0.717, 1.165) is 36.5 Å². The summed E-state index contributed by atoms with van der Waals surface area (Å²) in [6, 6.07) is 1.60. The van der Waals surface area contributed by atoms with Gasteiger partial charge in [-0.05, 0) is 18.6 Å². The summed E-state index contributed by atoms with van der Waals surface area (Å²) in [7, 11) is 0. The summed E-state index contributed by atoms with van der Waals surface area (Å²) >= 11 is 0. The second-order valence-corrected chi connectivity index (χ2v) is 6.50. The molecule has 2 atom stereocenters. The van der Waals surface area contributed by atoms with E-state index in [1.165, 1.54) is 12.3 Å². The average Bonchev–Trinajstić information content (AvgIpc) is 3.18. The van der Waals surface area contributed by atoms with Gasteiger partial charge in [0, 0.05) is 12.6 Å². The summed E-state index contributed by atoms with van der Waals surface area (Å²) < 4.78 is 12.9. The molecule has 28 heavy (non-hydrogen) atoms. The van der Waals surface area contributed by atoms with Crippen molar-refractivity contribution in [3.8, 4) is 0 Å². The van der Waals surface area contributed by atoms with Gasteiger partial charge < -0.3 is 5.32 Å². The molecule has 9 nitrogen and oxygen atoms in total.